The number of ether oxygens (including phenoxy) is 4. The lowest BCUT2D eigenvalue weighted by molar-refractivity contribution is -0.147. The van der Waals surface area contributed by atoms with E-state index in [1.807, 2.05) is 13.0 Å². The summed E-state index contributed by atoms with van der Waals surface area (Å²) in [5, 5.41) is 2.70. The maximum absolute atomic E-state index is 13.7. The average molecular weight is 477 g/mol. The van der Waals surface area contributed by atoms with Crippen molar-refractivity contribution in [3.05, 3.63) is 41.2 Å². The van der Waals surface area contributed by atoms with E-state index in [1.54, 1.807) is 6.07 Å². The Hall–Kier alpha value is -3.63. The molecule has 0 unspecified atom stereocenters. The van der Waals surface area contributed by atoms with E-state index in [-0.39, 0.29) is 24.2 Å². The van der Waals surface area contributed by atoms with Gasteiger partial charge in [-0.3, -0.25) is 4.79 Å². The number of halogens is 3. The first-order valence-corrected chi connectivity index (χ1v) is 10.8. The zero-order valence-corrected chi connectivity index (χ0v) is 18.3. The number of benzene rings is 2. The summed E-state index contributed by atoms with van der Waals surface area (Å²) in [5.74, 6) is 0.111. The molecule has 2 aliphatic rings. The van der Waals surface area contributed by atoms with Crippen LogP contribution in [-0.4, -0.2) is 41.9 Å². The molecule has 0 radical (unpaired) electrons. The van der Waals surface area contributed by atoms with Crippen molar-refractivity contribution in [1.82, 2.24) is 14.9 Å². The highest BCUT2D eigenvalue weighted by atomic mass is 19.4. The highest BCUT2D eigenvalue weighted by Crippen LogP contribution is 2.38. The summed E-state index contributed by atoms with van der Waals surface area (Å²) in [5.41, 5.74) is 1.86. The predicted molar refractivity (Wildman–Crippen MR) is 114 cm³/mol. The molecule has 8 nitrogen and oxygen atoms in total. The minimum atomic E-state index is -4.74. The molecular formula is C23H22F3N3O5. The molecule has 1 aromatic heterocycles. The molecular weight excluding hydrogens is 455 g/mol. The zero-order chi connectivity index (χ0) is 23.9. The van der Waals surface area contributed by atoms with Crippen LogP contribution in [0.3, 0.4) is 0 Å². The lowest BCUT2D eigenvalue weighted by atomic mass is 10.1. The van der Waals surface area contributed by atoms with Gasteiger partial charge in [0.05, 0.1) is 24.2 Å². The van der Waals surface area contributed by atoms with Crippen molar-refractivity contribution in [2.24, 2.45) is 0 Å². The van der Waals surface area contributed by atoms with Crippen LogP contribution in [0.4, 0.5) is 13.2 Å². The second-order valence-corrected chi connectivity index (χ2v) is 8.06. The smallest absolute Gasteiger partial charge is 0.449 e. The van der Waals surface area contributed by atoms with E-state index in [1.165, 1.54) is 12.1 Å². The Balaban J connectivity index is 1.38. The molecule has 0 bridgehead atoms. The molecule has 5 rings (SSSR count). The molecule has 34 heavy (non-hydrogen) atoms. The number of fused-ring (bicyclic) bond motifs is 3. The SMILES string of the molecule is Cc1cc2c(cc1CNC(=O)Cn1c(C(F)(F)F)nc3cc4c(cc31)OCCO4)OCCCO2. The van der Waals surface area contributed by atoms with E-state index >= 15 is 0 Å². The van der Waals surface area contributed by atoms with Crippen LogP contribution < -0.4 is 24.3 Å². The van der Waals surface area contributed by atoms with Gasteiger partial charge in [0, 0.05) is 25.1 Å². The van der Waals surface area contributed by atoms with Crippen molar-refractivity contribution in [3.8, 4) is 23.0 Å². The van der Waals surface area contributed by atoms with E-state index in [4.69, 9.17) is 18.9 Å². The van der Waals surface area contributed by atoms with Crippen LogP contribution in [0.25, 0.3) is 11.0 Å². The maximum atomic E-state index is 13.7. The summed E-state index contributed by atoms with van der Waals surface area (Å²) in [4.78, 5) is 16.4. The second-order valence-electron chi connectivity index (χ2n) is 8.06. The molecule has 2 aromatic carbocycles. The second kappa shape index (κ2) is 8.62. The van der Waals surface area contributed by atoms with E-state index in [0.29, 0.717) is 42.8 Å². The Kier molecular flexibility index (Phi) is 5.62. The van der Waals surface area contributed by atoms with Crippen molar-refractivity contribution in [3.63, 3.8) is 0 Å². The maximum Gasteiger partial charge on any atom is 0.449 e. The summed E-state index contributed by atoms with van der Waals surface area (Å²) in [7, 11) is 0. The van der Waals surface area contributed by atoms with Crippen molar-refractivity contribution in [2.45, 2.75) is 32.6 Å². The van der Waals surface area contributed by atoms with E-state index in [9.17, 15) is 18.0 Å². The minimum absolute atomic E-state index is 0.0723. The molecule has 11 heteroatoms. The molecule has 0 fully saturated rings. The van der Waals surface area contributed by atoms with Gasteiger partial charge in [-0.05, 0) is 30.2 Å². The first-order valence-electron chi connectivity index (χ1n) is 10.8. The summed E-state index contributed by atoms with van der Waals surface area (Å²) in [6.45, 7) is 3.10. The third-order valence-electron chi connectivity index (χ3n) is 5.65. The van der Waals surface area contributed by atoms with Gasteiger partial charge >= 0.3 is 6.18 Å². The number of carbonyl (C=O) groups excluding carboxylic acids is 1. The molecule has 0 saturated heterocycles. The van der Waals surface area contributed by atoms with Gasteiger partial charge in [0.15, 0.2) is 23.0 Å². The molecule has 3 aromatic rings. The van der Waals surface area contributed by atoms with Crippen LogP contribution in [0, 0.1) is 6.92 Å². The van der Waals surface area contributed by atoms with Gasteiger partial charge in [0.1, 0.15) is 19.8 Å². The van der Waals surface area contributed by atoms with Crippen LogP contribution in [0.1, 0.15) is 23.4 Å². The monoisotopic (exact) mass is 477 g/mol. The predicted octanol–water partition coefficient (Wildman–Crippen LogP) is 3.61. The lowest BCUT2D eigenvalue weighted by Gasteiger charge is -2.18. The largest absolute Gasteiger partial charge is 0.490 e. The number of amides is 1. The molecule has 180 valence electrons. The normalized spacial score (nSPS) is 15.2. The Bertz CT molecular complexity index is 1260. The third kappa shape index (κ3) is 4.29. The zero-order valence-electron chi connectivity index (χ0n) is 18.3. The minimum Gasteiger partial charge on any atom is -0.490 e. The number of aromatic nitrogens is 2. The molecule has 1 N–H and O–H groups in total. The number of carbonyl (C=O) groups is 1. The topological polar surface area (TPSA) is 83.8 Å². The van der Waals surface area contributed by atoms with Crippen molar-refractivity contribution in [2.75, 3.05) is 26.4 Å². The van der Waals surface area contributed by atoms with Gasteiger partial charge in [-0.1, -0.05) is 0 Å². The molecule has 3 heterocycles. The number of nitrogens with one attached hydrogen (secondary N) is 1. The number of rotatable bonds is 4. The number of imidazole rings is 1. The van der Waals surface area contributed by atoms with Gasteiger partial charge in [-0.25, -0.2) is 4.98 Å². The fourth-order valence-corrected chi connectivity index (χ4v) is 3.97. The Morgan fingerprint density at radius 1 is 0.971 bits per heavy atom. The molecule has 1 amide bonds. The van der Waals surface area contributed by atoms with Crippen LogP contribution in [0.2, 0.25) is 0 Å². The van der Waals surface area contributed by atoms with Gasteiger partial charge in [-0.15, -0.1) is 0 Å². The first kappa shape index (κ1) is 22.2. The molecule has 0 aliphatic carbocycles. The molecule has 2 aliphatic heterocycles. The van der Waals surface area contributed by atoms with Crippen LogP contribution in [0.15, 0.2) is 24.3 Å². The van der Waals surface area contributed by atoms with E-state index < -0.39 is 24.5 Å². The Morgan fingerprint density at radius 3 is 2.29 bits per heavy atom. The molecule has 0 atom stereocenters. The fourth-order valence-electron chi connectivity index (χ4n) is 3.97. The Labute approximate surface area is 192 Å². The number of nitrogens with zero attached hydrogens (tertiary/aromatic N) is 2. The quantitative estimate of drug-likeness (QED) is 0.618. The highest BCUT2D eigenvalue weighted by Gasteiger charge is 2.38. The summed E-state index contributed by atoms with van der Waals surface area (Å²) in [6.07, 6.45) is -3.98. The van der Waals surface area contributed by atoms with Gasteiger partial charge in [0.25, 0.3) is 0 Å². The standard InChI is InChI=1S/C23H22F3N3O5/c1-13-7-17-18(32-4-2-3-31-17)8-14(13)11-27-21(30)12-29-16-10-20-19(33-5-6-34-20)9-15(16)28-22(29)23(24,25)26/h7-10H,2-6,11-12H2,1H3,(H,27,30). The van der Waals surface area contributed by atoms with E-state index in [2.05, 4.69) is 10.3 Å². The number of aryl methyl sites for hydroxylation is 1. The van der Waals surface area contributed by atoms with Crippen LogP contribution >= 0.6 is 0 Å². The third-order valence-corrected chi connectivity index (χ3v) is 5.65. The summed E-state index contributed by atoms with van der Waals surface area (Å²) < 4.78 is 64.2. The number of alkyl halides is 3. The number of hydrogen-bond acceptors (Lipinski definition) is 6. The number of hydrogen-bond donors (Lipinski definition) is 1. The van der Waals surface area contributed by atoms with Crippen molar-refractivity contribution in [1.29, 1.82) is 0 Å². The van der Waals surface area contributed by atoms with Crippen LogP contribution in [0.5, 0.6) is 23.0 Å². The highest BCUT2D eigenvalue weighted by molar-refractivity contribution is 5.84. The van der Waals surface area contributed by atoms with Crippen molar-refractivity contribution >= 4 is 16.9 Å². The van der Waals surface area contributed by atoms with Gasteiger partial charge < -0.3 is 28.8 Å². The average Bonchev–Trinajstić information content (AvgIpc) is 2.99. The van der Waals surface area contributed by atoms with Crippen molar-refractivity contribution < 1.29 is 36.9 Å². The van der Waals surface area contributed by atoms with Crippen LogP contribution in [-0.2, 0) is 24.1 Å². The molecule has 0 saturated carbocycles. The fraction of sp³-hybridized carbons (Fsp3) is 0.391. The lowest BCUT2D eigenvalue weighted by Crippen LogP contribution is -2.29. The van der Waals surface area contributed by atoms with Gasteiger partial charge in [-0.2, -0.15) is 13.2 Å². The first-order chi connectivity index (χ1) is 16.3. The molecule has 0 spiro atoms. The summed E-state index contributed by atoms with van der Waals surface area (Å²) >= 11 is 0. The van der Waals surface area contributed by atoms with E-state index in [0.717, 1.165) is 22.1 Å². The summed E-state index contributed by atoms with van der Waals surface area (Å²) in [6, 6.07) is 6.44. The Morgan fingerprint density at radius 2 is 1.59 bits per heavy atom. The van der Waals surface area contributed by atoms with Gasteiger partial charge in [0.2, 0.25) is 11.7 Å².